The van der Waals surface area contributed by atoms with Gasteiger partial charge in [-0.1, -0.05) is 47.7 Å². The first-order valence-corrected chi connectivity index (χ1v) is 13.0. The van der Waals surface area contributed by atoms with Crippen LogP contribution < -0.4 is 10.4 Å². The summed E-state index contributed by atoms with van der Waals surface area (Å²) in [4.78, 5) is 39.9. The summed E-state index contributed by atoms with van der Waals surface area (Å²) in [5.41, 5.74) is 3.94. The molecule has 0 bridgehead atoms. The van der Waals surface area contributed by atoms with E-state index in [-0.39, 0.29) is 25.0 Å². The molecule has 2 aromatic heterocycles. The van der Waals surface area contributed by atoms with E-state index in [0.29, 0.717) is 39.2 Å². The lowest BCUT2D eigenvalue weighted by molar-refractivity contribution is 0.0598. The molecule has 0 saturated heterocycles. The maximum absolute atomic E-state index is 13.4. The summed E-state index contributed by atoms with van der Waals surface area (Å²) in [5, 5.41) is 10.7. The van der Waals surface area contributed by atoms with Crippen molar-refractivity contribution < 1.29 is 18.7 Å². The predicted molar refractivity (Wildman–Crippen MR) is 151 cm³/mol. The molecule has 6 aromatic rings. The number of benzene rings is 4. The zero-order valence-electron chi connectivity index (χ0n) is 21.9. The maximum Gasteiger partial charge on any atom is 0.336 e. The first kappa shape index (κ1) is 24.5. The van der Waals surface area contributed by atoms with Gasteiger partial charge in [-0.3, -0.25) is 14.5 Å². The van der Waals surface area contributed by atoms with Gasteiger partial charge in [0.2, 0.25) is 0 Å². The molecule has 0 N–H and O–H groups in total. The zero-order valence-corrected chi connectivity index (χ0v) is 21.9. The van der Waals surface area contributed by atoms with Crippen LogP contribution in [0.15, 0.2) is 100 Å². The Balaban J connectivity index is 1.17. The number of carbonyl (C=O) groups is 2. The van der Waals surface area contributed by atoms with Crippen molar-refractivity contribution in [2.45, 2.75) is 20.1 Å². The van der Waals surface area contributed by atoms with Crippen LogP contribution in [0.25, 0.3) is 27.4 Å². The SMILES string of the molecule is Cc1cc(=O)oc2cc(OCc3cn(-c4ccc5c6c(cccc46)C(=O)N(Cc4ccccc4)C5=O)nn3)ccc12. The topological polar surface area (TPSA) is 108 Å². The summed E-state index contributed by atoms with van der Waals surface area (Å²) in [7, 11) is 0. The van der Waals surface area contributed by atoms with E-state index in [4.69, 9.17) is 9.15 Å². The van der Waals surface area contributed by atoms with E-state index >= 15 is 0 Å². The van der Waals surface area contributed by atoms with Gasteiger partial charge in [0, 0.05) is 39.4 Å². The van der Waals surface area contributed by atoms with Gasteiger partial charge >= 0.3 is 5.63 Å². The van der Waals surface area contributed by atoms with Crippen molar-refractivity contribution in [2.75, 3.05) is 0 Å². The van der Waals surface area contributed by atoms with Crippen LogP contribution in [-0.2, 0) is 13.2 Å². The third kappa shape index (κ3) is 4.24. The Hall–Kier alpha value is -5.57. The molecule has 41 heavy (non-hydrogen) atoms. The normalized spacial score (nSPS) is 12.9. The van der Waals surface area contributed by atoms with Crippen molar-refractivity contribution in [3.63, 3.8) is 0 Å². The minimum atomic E-state index is -0.413. The number of nitrogens with zero attached hydrogens (tertiary/aromatic N) is 4. The number of rotatable bonds is 6. The maximum atomic E-state index is 13.4. The van der Waals surface area contributed by atoms with E-state index < -0.39 is 5.63 Å². The second-order valence-corrected chi connectivity index (χ2v) is 9.89. The van der Waals surface area contributed by atoms with Gasteiger partial charge in [-0.15, -0.1) is 5.10 Å². The Kier molecular flexibility index (Phi) is 5.71. The molecule has 0 atom stereocenters. The number of aryl methyl sites for hydroxylation is 1. The molecule has 3 heterocycles. The van der Waals surface area contributed by atoms with Crippen molar-refractivity contribution in [3.8, 4) is 11.4 Å². The molecule has 0 spiro atoms. The summed E-state index contributed by atoms with van der Waals surface area (Å²) in [6, 6.07) is 25.2. The number of imide groups is 1. The summed E-state index contributed by atoms with van der Waals surface area (Å²) in [6.45, 7) is 2.19. The third-order valence-corrected chi connectivity index (χ3v) is 7.25. The van der Waals surface area contributed by atoms with Crippen molar-refractivity contribution in [2.24, 2.45) is 0 Å². The van der Waals surface area contributed by atoms with Gasteiger partial charge in [-0.2, -0.15) is 0 Å². The van der Waals surface area contributed by atoms with Crippen molar-refractivity contribution in [3.05, 3.63) is 129 Å². The van der Waals surface area contributed by atoms with Gasteiger partial charge < -0.3 is 9.15 Å². The van der Waals surface area contributed by atoms with E-state index in [1.807, 2.05) is 55.5 Å². The van der Waals surface area contributed by atoms with E-state index in [2.05, 4.69) is 10.3 Å². The number of fused-ring (bicyclic) bond motifs is 1. The number of ether oxygens (including phenoxy) is 1. The van der Waals surface area contributed by atoms with Crippen LogP contribution in [0.4, 0.5) is 0 Å². The number of amides is 2. The van der Waals surface area contributed by atoms with Crippen LogP contribution >= 0.6 is 0 Å². The van der Waals surface area contributed by atoms with Crippen LogP contribution in [0.1, 0.15) is 37.5 Å². The molecule has 0 aliphatic carbocycles. The molecule has 0 saturated carbocycles. The molecule has 1 aliphatic heterocycles. The lowest BCUT2D eigenvalue weighted by atomic mass is 9.92. The molecule has 7 rings (SSSR count). The highest BCUT2D eigenvalue weighted by Gasteiger charge is 2.33. The van der Waals surface area contributed by atoms with Gasteiger partial charge in [-0.25, -0.2) is 9.48 Å². The molecule has 0 unspecified atom stereocenters. The minimum absolute atomic E-state index is 0.133. The van der Waals surface area contributed by atoms with E-state index in [1.165, 1.54) is 11.0 Å². The highest BCUT2D eigenvalue weighted by molar-refractivity contribution is 6.26. The highest BCUT2D eigenvalue weighted by atomic mass is 16.5. The molecule has 0 fully saturated rings. The fourth-order valence-electron chi connectivity index (χ4n) is 5.27. The first-order chi connectivity index (χ1) is 20.0. The summed E-state index contributed by atoms with van der Waals surface area (Å²) in [5.74, 6) is -0.133. The Morgan fingerprint density at radius 3 is 2.46 bits per heavy atom. The van der Waals surface area contributed by atoms with Crippen LogP contribution in [0.3, 0.4) is 0 Å². The van der Waals surface area contributed by atoms with Crippen LogP contribution in [0, 0.1) is 6.92 Å². The van der Waals surface area contributed by atoms with Gasteiger partial charge in [0.05, 0.1) is 18.4 Å². The second-order valence-electron chi connectivity index (χ2n) is 9.89. The van der Waals surface area contributed by atoms with E-state index in [1.54, 1.807) is 41.2 Å². The monoisotopic (exact) mass is 542 g/mol. The standard InChI is InChI=1S/C32H22N4O5/c1-19-14-29(37)41-28-15-22(10-11-23(19)28)40-18-21-17-36(34-33-21)27-13-12-26-30-24(27)8-5-9-25(30)31(38)35(32(26)39)16-20-6-3-2-4-7-20/h2-15,17H,16,18H2,1H3. The van der Waals surface area contributed by atoms with E-state index in [9.17, 15) is 14.4 Å². The molecular formula is C32H22N4O5. The second kappa shape index (κ2) is 9.56. The van der Waals surface area contributed by atoms with Gasteiger partial charge in [0.15, 0.2) is 0 Å². The number of hydrogen-bond donors (Lipinski definition) is 0. The molecule has 200 valence electrons. The highest BCUT2D eigenvalue weighted by Crippen LogP contribution is 2.34. The number of carbonyl (C=O) groups excluding carboxylic acids is 2. The first-order valence-electron chi connectivity index (χ1n) is 13.0. The molecular weight excluding hydrogens is 520 g/mol. The molecule has 0 radical (unpaired) electrons. The van der Waals surface area contributed by atoms with Crippen LogP contribution in [-0.4, -0.2) is 31.7 Å². The fourth-order valence-corrected chi connectivity index (χ4v) is 5.27. The fraction of sp³-hybridized carbons (Fsp3) is 0.0938. The quantitative estimate of drug-likeness (QED) is 0.210. The van der Waals surface area contributed by atoms with Gasteiger partial charge in [0.1, 0.15) is 23.6 Å². The lowest BCUT2D eigenvalue weighted by Crippen LogP contribution is -2.39. The molecule has 4 aromatic carbocycles. The molecule has 9 nitrogen and oxygen atoms in total. The predicted octanol–water partition coefficient (Wildman–Crippen LogP) is 5.21. The van der Waals surface area contributed by atoms with Gasteiger partial charge in [-0.05, 0) is 48.4 Å². The van der Waals surface area contributed by atoms with Crippen molar-refractivity contribution in [1.29, 1.82) is 0 Å². The molecule has 9 heteroatoms. The number of aromatic nitrogens is 3. The zero-order chi connectivity index (χ0) is 28.1. The van der Waals surface area contributed by atoms with E-state index in [0.717, 1.165) is 21.9 Å². The summed E-state index contributed by atoms with van der Waals surface area (Å²) in [6.07, 6.45) is 1.74. The van der Waals surface area contributed by atoms with Crippen LogP contribution in [0.2, 0.25) is 0 Å². The summed E-state index contributed by atoms with van der Waals surface area (Å²) < 4.78 is 12.8. The average molecular weight is 543 g/mol. The van der Waals surface area contributed by atoms with Crippen molar-refractivity contribution in [1.82, 2.24) is 19.9 Å². The van der Waals surface area contributed by atoms with Gasteiger partial charge in [0.25, 0.3) is 11.8 Å². The number of hydrogen-bond acceptors (Lipinski definition) is 7. The smallest absolute Gasteiger partial charge is 0.336 e. The minimum Gasteiger partial charge on any atom is -0.487 e. The lowest BCUT2D eigenvalue weighted by Gasteiger charge is -2.27. The van der Waals surface area contributed by atoms with Crippen LogP contribution in [0.5, 0.6) is 5.75 Å². The third-order valence-electron chi connectivity index (χ3n) is 7.25. The molecule has 1 aliphatic rings. The average Bonchev–Trinajstić information content (AvgIpc) is 3.46. The largest absolute Gasteiger partial charge is 0.487 e. The molecule has 2 amide bonds. The Labute approximate surface area is 233 Å². The summed E-state index contributed by atoms with van der Waals surface area (Å²) >= 11 is 0. The Morgan fingerprint density at radius 1 is 0.829 bits per heavy atom. The Bertz CT molecular complexity index is 2040. The van der Waals surface area contributed by atoms with Crippen molar-refractivity contribution >= 4 is 33.6 Å². The Morgan fingerprint density at radius 2 is 1.63 bits per heavy atom.